The van der Waals surface area contributed by atoms with E-state index in [-0.39, 0.29) is 5.25 Å². The first-order valence-electron chi connectivity index (χ1n) is 7.92. The van der Waals surface area contributed by atoms with Crippen molar-refractivity contribution < 1.29 is 4.42 Å². The van der Waals surface area contributed by atoms with Crippen molar-refractivity contribution >= 4 is 23.4 Å². The van der Waals surface area contributed by atoms with E-state index in [1.807, 2.05) is 66.1 Å². The predicted octanol–water partition coefficient (Wildman–Crippen LogP) is 4.82. The maximum absolute atomic E-state index is 6.08. The van der Waals surface area contributed by atoms with Crippen LogP contribution in [0, 0.1) is 0 Å². The molecule has 0 aliphatic rings. The van der Waals surface area contributed by atoms with E-state index in [0.717, 1.165) is 16.4 Å². The lowest BCUT2D eigenvalue weighted by atomic mass is 10.2. The van der Waals surface area contributed by atoms with Gasteiger partial charge in [0.1, 0.15) is 6.33 Å². The molecule has 0 spiro atoms. The van der Waals surface area contributed by atoms with Crippen LogP contribution in [0.2, 0.25) is 5.02 Å². The third-order valence-corrected chi connectivity index (χ3v) is 4.97. The van der Waals surface area contributed by atoms with Gasteiger partial charge >= 0.3 is 0 Å². The van der Waals surface area contributed by atoms with Crippen molar-refractivity contribution in [2.45, 2.75) is 17.3 Å². The van der Waals surface area contributed by atoms with Gasteiger partial charge in [0.25, 0.3) is 0 Å². The Bertz CT molecular complexity index is 1020. The topological polar surface area (TPSA) is 69.6 Å². The largest absolute Gasteiger partial charge is 0.419 e. The van der Waals surface area contributed by atoms with Gasteiger partial charge in [-0.3, -0.25) is 4.57 Å². The highest BCUT2D eigenvalue weighted by Crippen LogP contribution is 2.35. The van der Waals surface area contributed by atoms with E-state index in [0.29, 0.717) is 16.8 Å². The van der Waals surface area contributed by atoms with Gasteiger partial charge in [0, 0.05) is 10.6 Å². The molecule has 0 fully saturated rings. The van der Waals surface area contributed by atoms with Gasteiger partial charge in [-0.15, -0.1) is 20.4 Å². The van der Waals surface area contributed by atoms with Crippen molar-refractivity contribution in [1.29, 1.82) is 0 Å². The van der Waals surface area contributed by atoms with E-state index in [1.165, 1.54) is 11.8 Å². The number of nitrogens with zero attached hydrogens (tertiary/aromatic N) is 5. The van der Waals surface area contributed by atoms with Crippen LogP contribution in [0.1, 0.15) is 18.1 Å². The molecule has 2 aromatic carbocycles. The van der Waals surface area contributed by atoms with Gasteiger partial charge in [-0.1, -0.05) is 47.6 Å². The van der Waals surface area contributed by atoms with Gasteiger partial charge < -0.3 is 4.42 Å². The Morgan fingerprint density at radius 2 is 1.88 bits per heavy atom. The third-order valence-electron chi connectivity index (χ3n) is 3.69. The summed E-state index contributed by atoms with van der Waals surface area (Å²) >= 11 is 7.57. The van der Waals surface area contributed by atoms with E-state index in [9.17, 15) is 0 Å². The maximum Gasteiger partial charge on any atom is 0.247 e. The average Bonchev–Trinajstić information content (AvgIpc) is 3.32. The minimum Gasteiger partial charge on any atom is -0.419 e. The molecule has 4 aromatic rings. The van der Waals surface area contributed by atoms with Crippen molar-refractivity contribution in [3.8, 4) is 17.1 Å². The number of halogens is 1. The van der Waals surface area contributed by atoms with Crippen LogP contribution in [0.25, 0.3) is 17.1 Å². The summed E-state index contributed by atoms with van der Waals surface area (Å²) in [4.78, 5) is 0. The molecule has 0 aliphatic carbocycles. The molecule has 0 radical (unpaired) electrons. The third kappa shape index (κ3) is 3.49. The van der Waals surface area contributed by atoms with E-state index in [4.69, 9.17) is 16.0 Å². The number of benzene rings is 2. The summed E-state index contributed by atoms with van der Waals surface area (Å²) in [6, 6.07) is 17.2. The van der Waals surface area contributed by atoms with E-state index in [1.54, 1.807) is 6.33 Å². The standard InChI is InChI=1S/C18H14ClN5OS/c1-12(16-21-22-17(25-16)13-6-3-2-4-7-13)26-18-23-20-11-24(18)15-9-5-8-14(19)10-15/h2-12H,1H3. The quantitative estimate of drug-likeness (QED) is 0.460. The van der Waals surface area contributed by atoms with Gasteiger partial charge in [-0.2, -0.15) is 0 Å². The molecule has 0 N–H and O–H groups in total. The number of aromatic nitrogens is 5. The first kappa shape index (κ1) is 16.8. The Labute approximate surface area is 159 Å². The van der Waals surface area contributed by atoms with Gasteiger partial charge in [0.15, 0.2) is 5.16 Å². The lowest BCUT2D eigenvalue weighted by molar-refractivity contribution is 0.509. The van der Waals surface area contributed by atoms with Gasteiger partial charge in [-0.25, -0.2) is 0 Å². The highest BCUT2D eigenvalue weighted by molar-refractivity contribution is 7.99. The molecule has 0 aliphatic heterocycles. The molecular weight excluding hydrogens is 370 g/mol. The van der Waals surface area contributed by atoms with E-state index >= 15 is 0 Å². The molecule has 2 heterocycles. The van der Waals surface area contributed by atoms with Crippen molar-refractivity contribution in [3.05, 3.63) is 71.8 Å². The molecule has 26 heavy (non-hydrogen) atoms. The fourth-order valence-corrected chi connectivity index (χ4v) is 3.47. The van der Waals surface area contributed by atoms with Crippen LogP contribution < -0.4 is 0 Å². The Balaban J connectivity index is 1.56. The Morgan fingerprint density at radius 1 is 1.04 bits per heavy atom. The zero-order valence-electron chi connectivity index (χ0n) is 13.8. The number of hydrogen-bond donors (Lipinski definition) is 0. The van der Waals surface area contributed by atoms with Crippen molar-refractivity contribution in [1.82, 2.24) is 25.0 Å². The minimum absolute atomic E-state index is 0.0814. The van der Waals surface area contributed by atoms with Crippen LogP contribution >= 0.6 is 23.4 Å². The smallest absolute Gasteiger partial charge is 0.247 e. The predicted molar refractivity (Wildman–Crippen MR) is 100 cm³/mol. The van der Waals surface area contributed by atoms with Crippen LogP contribution in [0.4, 0.5) is 0 Å². The summed E-state index contributed by atoms with van der Waals surface area (Å²) in [6.45, 7) is 1.99. The molecule has 2 aromatic heterocycles. The Morgan fingerprint density at radius 3 is 2.69 bits per heavy atom. The highest BCUT2D eigenvalue weighted by atomic mass is 35.5. The van der Waals surface area contributed by atoms with Crippen LogP contribution in [0.5, 0.6) is 0 Å². The van der Waals surface area contributed by atoms with Crippen LogP contribution in [-0.4, -0.2) is 25.0 Å². The van der Waals surface area contributed by atoms with Gasteiger partial charge in [-0.05, 0) is 37.3 Å². The summed E-state index contributed by atoms with van der Waals surface area (Å²) in [6.07, 6.45) is 1.66. The Kier molecular flexibility index (Phi) is 4.73. The zero-order valence-corrected chi connectivity index (χ0v) is 15.4. The average molecular weight is 384 g/mol. The zero-order chi connectivity index (χ0) is 17.9. The highest BCUT2D eigenvalue weighted by Gasteiger charge is 2.19. The lowest BCUT2D eigenvalue weighted by Crippen LogP contribution is -1.97. The van der Waals surface area contributed by atoms with Crippen LogP contribution in [0.3, 0.4) is 0 Å². The first-order chi connectivity index (χ1) is 12.7. The van der Waals surface area contributed by atoms with Crippen molar-refractivity contribution in [3.63, 3.8) is 0 Å². The van der Waals surface area contributed by atoms with E-state index in [2.05, 4.69) is 20.4 Å². The maximum atomic E-state index is 6.08. The molecule has 0 bridgehead atoms. The Hall–Kier alpha value is -2.64. The number of rotatable bonds is 5. The SMILES string of the molecule is CC(Sc1nncn1-c1cccc(Cl)c1)c1nnc(-c2ccccc2)o1. The van der Waals surface area contributed by atoms with Gasteiger partial charge in [0.05, 0.1) is 10.9 Å². The molecule has 4 rings (SSSR count). The normalized spacial score (nSPS) is 12.2. The van der Waals surface area contributed by atoms with Gasteiger partial charge in [0.2, 0.25) is 11.8 Å². The van der Waals surface area contributed by atoms with Crippen molar-refractivity contribution in [2.24, 2.45) is 0 Å². The summed E-state index contributed by atoms with van der Waals surface area (Å²) in [5.41, 5.74) is 1.79. The van der Waals surface area contributed by atoms with Crippen LogP contribution in [0.15, 0.2) is 70.5 Å². The lowest BCUT2D eigenvalue weighted by Gasteiger charge is -2.09. The fourth-order valence-electron chi connectivity index (χ4n) is 2.41. The monoisotopic (exact) mass is 383 g/mol. The molecule has 0 amide bonds. The molecule has 6 nitrogen and oxygen atoms in total. The van der Waals surface area contributed by atoms with Crippen LogP contribution in [-0.2, 0) is 0 Å². The van der Waals surface area contributed by atoms with E-state index < -0.39 is 0 Å². The number of thioether (sulfide) groups is 1. The molecule has 1 unspecified atom stereocenters. The number of hydrogen-bond acceptors (Lipinski definition) is 6. The molecule has 8 heteroatoms. The molecule has 0 saturated carbocycles. The second kappa shape index (κ2) is 7.31. The summed E-state index contributed by atoms with van der Waals surface area (Å²) in [5.74, 6) is 1.04. The second-order valence-corrected chi connectivity index (χ2v) is 7.28. The summed E-state index contributed by atoms with van der Waals surface area (Å²) in [5, 5.41) is 17.8. The fraction of sp³-hybridized carbons (Fsp3) is 0.111. The summed E-state index contributed by atoms with van der Waals surface area (Å²) < 4.78 is 7.70. The molecule has 0 saturated heterocycles. The second-order valence-electron chi connectivity index (χ2n) is 5.53. The molecular formula is C18H14ClN5OS. The molecule has 130 valence electrons. The molecule has 1 atom stereocenters. The van der Waals surface area contributed by atoms with Crippen molar-refractivity contribution in [2.75, 3.05) is 0 Å². The minimum atomic E-state index is -0.0814. The summed E-state index contributed by atoms with van der Waals surface area (Å²) in [7, 11) is 0. The first-order valence-corrected chi connectivity index (χ1v) is 9.18.